The van der Waals surface area contributed by atoms with Crippen molar-refractivity contribution in [3.63, 3.8) is 0 Å². The summed E-state index contributed by atoms with van der Waals surface area (Å²) < 4.78 is 4.14. The summed E-state index contributed by atoms with van der Waals surface area (Å²) in [6, 6.07) is -0.141. The number of nitrogens with one attached hydrogen (secondary N) is 1. The molecule has 3 aromatic heterocycles. The first-order valence-corrected chi connectivity index (χ1v) is 10.6. The fraction of sp³-hybridized carbons (Fsp3) is 0.526. The molecule has 1 aliphatic rings. The number of thiophene rings is 1. The van der Waals surface area contributed by atoms with Gasteiger partial charge in [-0.05, 0) is 64.2 Å². The summed E-state index contributed by atoms with van der Waals surface area (Å²) in [6.07, 6.45) is 7.71. The Bertz CT molecular complexity index is 1090. The second kappa shape index (κ2) is 6.78. The lowest BCUT2D eigenvalue weighted by molar-refractivity contribution is 0.595. The van der Waals surface area contributed by atoms with Crippen molar-refractivity contribution in [2.75, 3.05) is 0 Å². The summed E-state index contributed by atoms with van der Waals surface area (Å²) in [5.41, 5.74) is 3.29. The van der Waals surface area contributed by atoms with E-state index in [-0.39, 0.29) is 11.6 Å². The Morgan fingerprint density at radius 2 is 2.12 bits per heavy atom. The second-order valence-corrected chi connectivity index (χ2v) is 8.57. The second-order valence-electron chi connectivity index (χ2n) is 7.08. The molecular weight excluding hydrogens is 364 g/mol. The molecule has 0 bridgehead atoms. The SMILES string of the molecule is CCn1cc([C@@H](C)n2c(=S)[nH]c3sc4c(c3c2=O)CCCCC4)c(C)n1. The summed E-state index contributed by atoms with van der Waals surface area (Å²) in [7, 11) is 0. The fourth-order valence-corrected chi connectivity index (χ4v) is 5.71. The van der Waals surface area contributed by atoms with Gasteiger partial charge in [0.25, 0.3) is 5.56 Å². The summed E-state index contributed by atoms with van der Waals surface area (Å²) >= 11 is 7.29. The summed E-state index contributed by atoms with van der Waals surface area (Å²) in [6.45, 7) is 6.90. The topological polar surface area (TPSA) is 55.6 Å². The smallest absolute Gasteiger partial charge is 0.263 e. The van der Waals surface area contributed by atoms with Crippen LogP contribution >= 0.6 is 23.6 Å². The quantitative estimate of drug-likeness (QED) is 0.530. The van der Waals surface area contributed by atoms with E-state index >= 15 is 0 Å². The molecule has 3 heterocycles. The van der Waals surface area contributed by atoms with E-state index in [1.807, 2.05) is 24.7 Å². The van der Waals surface area contributed by atoms with Crippen molar-refractivity contribution in [2.45, 2.75) is 65.5 Å². The van der Waals surface area contributed by atoms with Gasteiger partial charge in [0, 0.05) is 23.2 Å². The van der Waals surface area contributed by atoms with Gasteiger partial charge in [-0.3, -0.25) is 14.0 Å². The Hall–Kier alpha value is -1.73. The van der Waals surface area contributed by atoms with Crippen molar-refractivity contribution in [2.24, 2.45) is 0 Å². The van der Waals surface area contributed by atoms with Crippen LogP contribution in [0.3, 0.4) is 0 Å². The number of aromatic amines is 1. The van der Waals surface area contributed by atoms with E-state index in [9.17, 15) is 4.79 Å². The highest BCUT2D eigenvalue weighted by Crippen LogP contribution is 2.33. The van der Waals surface area contributed by atoms with Crippen molar-refractivity contribution in [1.29, 1.82) is 0 Å². The first-order chi connectivity index (χ1) is 12.5. The maximum atomic E-state index is 13.5. The van der Waals surface area contributed by atoms with Gasteiger partial charge in [-0.15, -0.1) is 11.3 Å². The van der Waals surface area contributed by atoms with Crippen LogP contribution in [0.15, 0.2) is 11.0 Å². The van der Waals surface area contributed by atoms with E-state index in [0.29, 0.717) is 4.77 Å². The van der Waals surface area contributed by atoms with E-state index in [2.05, 4.69) is 17.0 Å². The zero-order valence-corrected chi connectivity index (χ0v) is 17.1. The van der Waals surface area contributed by atoms with Crippen LogP contribution < -0.4 is 5.56 Å². The Kier molecular flexibility index (Phi) is 4.61. The average molecular weight is 389 g/mol. The fourth-order valence-electron chi connectivity index (χ4n) is 4.02. The Morgan fingerprint density at radius 1 is 1.35 bits per heavy atom. The van der Waals surface area contributed by atoms with Crippen molar-refractivity contribution in [1.82, 2.24) is 19.3 Å². The average Bonchev–Trinajstić information content (AvgIpc) is 3.06. The van der Waals surface area contributed by atoms with Crippen LogP contribution in [0.5, 0.6) is 0 Å². The van der Waals surface area contributed by atoms with Gasteiger partial charge in [0.15, 0.2) is 4.77 Å². The zero-order valence-electron chi connectivity index (χ0n) is 15.5. The number of fused-ring (bicyclic) bond motifs is 3. The molecule has 5 nitrogen and oxygen atoms in total. The van der Waals surface area contributed by atoms with Crippen molar-refractivity contribution < 1.29 is 0 Å². The molecule has 3 aromatic rings. The van der Waals surface area contributed by atoms with Crippen LogP contribution in [0.4, 0.5) is 0 Å². The van der Waals surface area contributed by atoms with E-state index in [1.54, 1.807) is 15.9 Å². The maximum Gasteiger partial charge on any atom is 0.263 e. The van der Waals surface area contributed by atoms with Gasteiger partial charge in [0.1, 0.15) is 4.83 Å². The Balaban J connectivity index is 1.92. The van der Waals surface area contributed by atoms with Gasteiger partial charge in [0.05, 0.1) is 17.1 Å². The molecule has 7 heteroatoms. The molecule has 1 aliphatic carbocycles. The third kappa shape index (κ3) is 2.77. The number of hydrogen-bond donors (Lipinski definition) is 1. The molecule has 0 amide bonds. The Labute approximate surface area is 161 Å². The molecule has 0 fully saturated rings. The van der Waals surface area contributed by atoms with Crippen molar-refractivity contribution in [3.05, 3.63) is 43.0 Å². The summed E-state index contributed by atoms with van der Waals surface area (Å²) in [5.74, 6) is 0. The first-order valence-electron chi connectivity index (χ1n) is 9.34. The highest BCUT2D eigenvalue weighted by Gasteiger charge is 2.22. The molecule has 0 saturated carbocycles. The number of aryl methyl sites for hydroxylation is 4. The molecule has 1 N–H and O–H groups in total. The molecule has 26 heavy (non-hydrogen) atoms. The molecule has 0 spiro atoms. The third-order valence-electron chi connectivity index (χ3n) is 5.44. The molecule has 138 valence electrons. The van der Waals surface area contributed by atoms with Crippen LogP contribution in [0.25, 0.3) is 10.2 Å². The lowest BCUT2D eigenvalue weighted by atomic mass is 10.1. The van der Waals surface area contributed by atoms with Gasteiger partial charge in [-0.25, -0.2) is 0 Å². The minimum absolute atomic E-state index is 0.0410. The van der Waals surface area contributed by atoms with E-state index in [4.69, 9.17) is 12.2 Å². The maximum absolute atomic E-state index is 13.5. The number of aromatic nitrogens is 4. The van der Waals surface area contributed by atoms with E-state index in [1.165, 1.54) is 23.3 Å². The largest absolute Gasteiger partial charge is 0.323 e. The predicted molar refractivity (Wildman–Crippen MR) is 109 cm³/mol. The molecule has 0 unspecified atom stereocenters. The molecular formula is C19H24N4OS2. The third-order valence-corrected chi connectivity index (χ3v) is 6.94. The lowest BCUT2D eigenvalue weighted by Crippen LogP contribution is -2.26. The van der Waals surface area contributed by atoms with Crippen LogP contribution in [0.1, 0.15) is 60.8 Å². The first kappa shape index (κ1) is 17.7. The van der Waals surface area contributed by atoms with Crippen LogP contribution in [-0.4, -0.2) is 19.3 Å². The van der Waals surface area contributed by atoms with Gasteiger partial charge < -0.3 is 4.98 Å². The number of hydrogen-bond acceptors (Lipinski definition) is 4. The lowest BCUT2D eigenvalue weighted by Gasteiger charge is -2.15. The number of H-pyrrole nitrogens is 1. The molecule has 1 atom stereocenters. The normalized spacial score (nSPS) is 15.8. The molecule has 0 radical (unpaired) electrons. The monoisotopic (exact) mass is 388 g/mol. The predicted octanol–water partition coefficient (Wildman–Crippen LogP) is 4.52. The summed E-state index contributed by atoms with van der Waals surface area (Å²) in [5, 5.41) is 5.38. The minimum atomic E-state index is -0.141. The van der Waals surface area contributed by atoms with Gasteiger partial charge >= 0.3 is 0 Å². The molecule has 0 aliphatic heterocycles. The minimum Gasteiger partial charge on any atom is -0.323 e. The highest BCUT2D eigenvalue weighted by molar-refractivity contribution is 7.71. The number of rotatable bonds is 3. The highest BCUT2D eigenvalue weighted by atomic mass is 32.1. The zero-order chi connectivity index (χ0) is 18.4. The van der Waals surface area contributed by atoms with Gasteiger partial charge in [-0.2, -0.15) is 5.10 Å². The number of nitrogens with zero attached hydrogens (tertiary/aromatic N) is 3. The standard InChI is InChI=1S/C19H24N4OS2/c1-4-22-10-14(11(2)21-22)12(3)23-18(24)16-13-8-6-5-7-9-15(13)26-17(16)20-19(23)25/h10,12H,4-9H2,1-3H3,(H,20,25)/t12-/m1/s1. The van der Waals surface area contributed by atoms with E-state index < -0.39 is 0 Å². The van der Waals surface area contributed by atoms with Gasteiger partial charge in [0.2, 0.25) is 0 Å². The Morgan fingerprint density at radius 3 is 2.85 bits per heavy atom. The van der Waals surface area contributed by atoms with Gasteiger partial charge in [-0.1, -0.05) is 6.42 Å². The molecule has 4 rings (SSSR count). The van der Waals surface area contributed by atoms with Crippen molar-refractivity contribution in [3.8, 4) is 0 Å². The summed E-state index contributed by atoms with van der Waals surface area (Å²) in [4.78, 5) is 19.1. The van der Waals surface area contributed by atoms with Crippen LogP contribution in [0.2, 0.25) is 0 Å². The molecule has 0 saturated heterocycles. The van der Waals surface area contributed by atoms with Crippen LogP contribution in [-0.2, 0) is 19.4 Å². The van der Waals surface area contributed by atoms with E-state index in [0.717, 1.165) is 47.3 Å². The van der Waals surface area contributed by atoms with Crippen LogP contribution in [0, 0.1) is 11.7 Å². The molecule has 0 aromatic carbocycles. The van der Waals surface area contributed by atoms with Crippen molar-refractivity contribution >= 4 is 33.8 Å².